The van der Waals surface area contributed by atoms with Crippen LogP contribution in [-0.4, -0.2) is 43.4 Å². The van der Waals surface area contributed by atoms with Crippen molar-refractivity contribution in [3.63, 3.8) is 0 Å². The maximum atomic E-state index is 12.5. The smallest absolute Gasteiger partial charge is 0.261 e. The van der Waals surface area contributed by atoms with E-state index in [0.717, 1.165) is 5.56 Å². The quantitative estimate of drug-likeness (QED) is 0.641. The van der Waals surface area contributed by atoms with Crippen molar-refractivity contribution in [1.29, 1.82) is 0 Å². The number of fused-ring (bicyclic) bond motifs is 1. The van der Waals surface area contributed by atoms with Crippen molar-refractivity contribution in [3.05, 3.63) is 59.2 Å². The maximum Gasteiger partial charge on any atom is 0.261 e. The van der Waals surface area contributed by atoms with Crippen LogP contribution in [0.4, 0.5) is 0 Å². The molecule has 0 fully saturated rings. The fourth-order valence-corrected chi connectivity index (χ4v) is 3.60. The average molecular weight is 410 g/mol. The molecule has 30 heavy (non-hydrogen) atoms. The molecule has 0 aliphatic carbocycles. The van der Waals surface area contributed by atoms with Gasteiger partial charge in [0.1, 0.15) is 0 Å². The number of imide groups is 1. The molecule has 0 saturated heterocycles. The number of methoxy groups -OCH3 is 2. The average Bonchev–Trinajstić information content (AvgIpc) is 3.02. The first-order valence-corrected chi connectivity index (χ1v) is 9.96. The van der Waals surface area contributed by atoms with Gasteiger partial charge in [0.25, 0.3) is 11.8 Å². The third-order valence-corrected chi connectivity index (χ3v) is 5.22. The molecule has 0 unspecified atom stereocenters. The molecule has 0 spiro atoms. The monoisotopic (exact) mass is 410 g/mol. The van der Waals surface area contributed by atoms with Gasteiger partial charge in [0.2, 0.25) is 5.91 Å². The van der Waals surface area contributed by atoms with Crippen molar-refractivity contribution < 1.29 is 23.9 Å². The maximum absolute atomic E-state index is 12.5. The van der Waals surface area contributed by atoms with E-state index in [0.29, 0.717) is 35.5 Å². The van der Waals surface area contributed by atoms with Crippen LogP contribution in [0.5, 0.6) is 11.5 Å². The van der Waals surface area contributed by atoms with Crippen LogP contribution in [0.15, 0.2) is 42.5 Å². The van der Waals surface area contributed by atoms with E-state index in [2.05, 4.69) is 5.32 Å². The number of nitrogens with zero attached hydrogens (tertiary/aromatic N) is 1. The SMILES string of the molecule is CC[C@H](NC(=O)CCCN1C(=O)c2ccccc2C1=O)c1ccc(OC)c(OC)c1. The molecule has 0 radical (unpaired) electrons. The molecule has 1 heterocycles. The van der Waals surface area contributed by atoms with Crippen LogP contribution in [0.2, 0.25) is 0 Å². The van der Waals surface area contributed by atoms with Crippen LogP contribution in [-0.2, 0) is 4.79 Å². The van der Waals surface area contributed by atoms with Crippen LogP contribution in [0.3, 0.4) is 0 Å². The Bertz CT molecular complexity index is 921. The second-order valence-electron chi connectivity index (χ2n) is 7.05. The minimum atomic E-state index is -0.298. The molecule has 158 valence electrons. The van der Waals surface area contributed by atoms with Gasteiger partial charge in [-0.05, 0) is 42.7 Å². The summed E-state index contributed by atoms with van der Waals surface area (Å²) < 4.78 is 10.6. The molecule has 7 heteroatoms. The lowest BCUT2D eigenvalue weighted by molar-refractivity contribution is -0.122. The summed E-state index contributed by atoms with van der Waals surface area (Å²) in [5.41, 5.74) is 1.77. The minimum Gasteiger partial charge on any atom is -0.493 e. The van der Waals surface area contributed by atoms with Crippen molar-refractivity contribution in [3.8, 4) is 11.5 Å². The number of carbonyl (C=O) groups excluding carboxylic acids is 3. The van der Waals surface area contributed by atoms with Crippen molar-refractivity contribution in [1.82, 2.24) is 10.2 Å². The number of rotatable bonds is 9. The summed E-state index contributed by atoms with van der Waals surface area (Å²) in [5, 5.41) is 3.01. The van der Waals surface area contributed by atoms with Gasteiger partial charge in [-0.3, -0.25) is 19.3 Å². The number of carbonyl (C=O) groups is 3. The fraction of sp³-hybridized carbons (Fsp3) is 0.348. The number of nitrogens with one attached hydrogen (secondary N) is 1. The van der Waals surface area contributed by atoms with E-state index in [4.69, 9.17) is 9.47 Å². The van der Waals surface area contributed by atoms with Gasteiger partial charge in [0.05, 0.1) is 31.4 Å². The number of hydrogen-bond donors (Lipinski definition) is 1. The number of amides is 3. The van der Waals surface area contributed by atoms with Gasteiger partial charge in [-0.25, -0.2) is 0 Å². The van der Waals surface area contributed by atoms with Gasteiger partial charge in [0, 0.05) is 13.0 Å². The number of ether oxygens (including phenoxy) is 2. The lowest BCUT2D eigenvalue weighted by Gasteiger charge is -2.19. The molecule has 2 aromatic carbocycles. The van der Waals surface area contributed by atoms with Gasteiger partial charge in [-0.2, -0.15) is 0 Å². The standard InChI is InChI=1S/C23H26N2O5/c1-4-18(15-11-12-19(29-2)20(14-15)30-3)24-21(26)10-7-13-25-22(27)16-8-5-6-9-17(16)23(25)28/h5-6,8-9,11-12,14,18H,4,7,10,13H2,1-3H3,(H,24,26)/t18-/m0/s1. The second-order valence-corrected chi connectivity index (χ2v) is 7.05. The Kier molecular flexibility index (Phi) is 6.72. The fourth-order valence-electron chi connectivity index (χ4n) is 3.60. The largest absolute Gasteiger partial charge is 0.493 e. The van der Waals surface area contributed by atoms with E-state index in [1.807, 2.05) is 25.1 Å². The molecule has 0 bridgehead atoms. The molecule has 1 aliphatic rings. The molecule has 1 aliphatic heterocycles. The Balaban J connectivity index is 1.55. The van der Waals surface area contributed by atoms with Crippen LogP contribution in [0.25, 0.3) is 0 Å². The van der Waals surface area contributed by atoms with Crippen molar-refractivity contribution in [2.45, 2.75) is 32.2 Å². The van der Waals surface area contributed by atoms with Crippen LogP contribution < -0.4 is 14.8 Å². The first-order valence-electron chi connectivity index (χ1n) is 9.96. The highest BCUT2D eigenvalue weighted by Crippen LogP contribution is 2.31. The molecule has 3 amide bonds. The Morgan fingerprint density at radius 1 is 1.00 bits per heavy atom. The summed E-state index contributed by atoms with van der Waals surface area (Å²) >= 11 is 0. The Labute approximate surface area is 176 Å². The number of benzene rings is 2. The van der Waals surface area contributed by atoms with Gasteiger partial charge < -0.3 is 14.8 Å². The molecule has 0 aromatic heterocycles. The highest BCUT2D eigenvalue weighted by molar-refractivity contribution is 6.21. The highest BCUT2D eigenvalue weighted by atomic mass is 16.5. The van der Waals surface area contributed by atoms with E-state index in [1.165, 1.54) is 4.90 Å². The molecule has 2 aromatic rings. The van der Waals surface area contributed by atoms with Crippen LogP contribution >= 0.6 is 0 Å². The molecule has 3 rings (SSSR count). The van der Waals surface area contributed by atoms with E-state index in [1.54, 1.807) is 38.5 Å². The van der Waals surface area contributed by atoms with E-state index in [-0.39, 0.29) is 36.7 Å². The first kappa shape index (κ1) is 21.4. The topological polar surface area (TPSA) is 84.9 Å². The molecular formula is C23H26N2O5. The van der Waals surface area contributed by atoms with Crippen LogP contribution in [0, 0.1) is 0 Å². The highest BCUT2D eigenvalue weighted by Gasteiger charge is 2.34. The van der Waals surface area contributed by atoms with Crippen molar-refractivity contribution in [2.75, 3.05) is 20.8 Å². The van der Waals surface area contributed by atoms with E-state index >= 15 is 0 Å². The summed E-state index contributed by atoms with van der Waals surface area (Å²) in [4.78, 5) is 38.4. The zero-order valence-corrected chi connectivity index (χ0v) is 17.4. The molecular weight excluding hydrogens is 384 g/mol. The molecule has 0 saturated carbocycles. The lowest BCUT2D eigenvalue weighted by Crippen LogP contribution is -2.32. The second kappa shape index (κ2) is 9.43. The predicted octanol–water partition coefficient (Wildman–Crippen LogP) is 3.35. The van der Waals surface area contributed by atoms with Gasteiger partial charge in [-0.1, -0.05) is 25.1 Å². The third kappa shape index (κ3) is 4.30. The zero-order valence-electron chi connectivity index (χ0n) is 17.4. The summed E-state index contributed by atoms with van der Waals surface area (Å²) in [7, 11) is 3.14. The predicted molar refractivity (Wildman–Crippen MR) is 112 cm³/mol. The van der Waals surface area contributed by atoms with Gasteiger partial charge >= 0.3 is 0 Å². The Hall–Kier alpha value is -3.35. The van der Waals surface area contributed by atoms with Gasteiger partial charge in [0.15, 0.2) is 11.5 Å². The van der Waals surface area contributed by atoms with Crippen molar-refractivity contribution >= 4 is 17.7 Å². The number of hydrogen-bond acceptors (Lipinski definition) is 5. The Morgan fingerprint density at radius 3 is 2.20 bits per heavy atom. The lowest BCUT2D eigenvalue weighted by atomic mass is 10.0. The van der Waals surface area contributed by atoms with Crippen molar-refractivity contribution in [2.24, 2.45) is 0 Å². The minimum absolute atomic E-state index is 0.131. The molecule has 1 atom stereocenters. The zero-order chi connectivity index (χ0) is 21.7. The summed E-state index contributed by atoms with van der Waals surface area (Å²) in [5.74, 6) is 0.505. The summed E-state index contributed by atoms with van der Waals surface area (Å²) in [6.45, 7) is 2.20. The first-order chi connectivity index (χ1) is 14.5. The normalized spacial score (nSPS) is 13.8. The van der Waals surface area contributed by atoms with E-state index in [9.17, 15) is 14.4 Å². The van der Waals surface area contributed by atoms with E-state index < -0.39 is 0 Å². The third-order valence-electron chi connectivity index (χ3n) is 5.22. The van der Waals surface area contributed by atoms with Crippen LogP contribution in [0.1, 0.15) is 58.5 Å². The summed E-state index contributed by atoms with van der Waals surface area (Å²) in [6.07, 6.45) is 1.33. The van der Waals surface area contributed by atoms with Gasteiger partial charge in [-0.15, -0.1) is 0 Å². The molecule has 1 N–H and O–H groups in total. The molecule has 7 nitrogen and oxygen atoms in total. The summed E-state index contributed by atoms with van der Waals surface area (Å²) in [6, 6.07) is 12.2. The Morgan fingerprint density at radius 2 is 1.63 bits per heavy atom.